The molecule has 0 saturated carbocycles. The van der Waals surface area contributed by atoms with Crippen molar-refractivity contribution in [2.75, 3.05) is 31.6 Å². The molecule has 1 saturated heterocycles. The van der Waals surface area contributed by atoms with E-state index in [1.807, 2.05) is 48.7 Å². The molecule has 0 amide bonds. The minimum absolute atomic E-state index is 0.598. The monoisotopic (exact) mass is 497 g/mol. The number of ether oxygens (including phenoxy) is 1. The molecule has 1 aliphatic heterocycles. The van der Waals surface area contributed by atoms with Gasteiger partial charge in [-0.25, -0.2) is 23.5 Å². The lowest BCUT2D eigenvalue weighted by atomic mass is 10.1. The number of hydrogen-bond donors (Lipinski definition) is 3. The van der Waals surface area contributed by atoms with Crippen LogP contribution in [0.3, 0.4) is 0 Å². The molecule has 5 rings (SSSR count). The van der Waals surface area contributed by atoms with Crippen molar-refractivity contribution in [2.24, 2.45) is 5.14 Å². The van der Waals surface area contributed by atoms with Gasteiger partial charge in [-0.2, -0.15) is 0 Å². The largest absolute Gasteiger partial charge is 0.492 e. The van der Waals surface area contributed by atoms with Crippen LogP contribution >= 0.6 is 11.3 Å². The van der Waals surface area contributed by atoms with Gasteiger partial charge in [-0.3, -0.25) is 4.90 Å². The van der Waals surface area contributed by atoms with Gasteiger partial charge in [0.15, 0.2) is 10.9 Å². The van der Waals surface area contributed by atoms with Gasteiger partial charge in [0.05, 0.1) is 16.4 Å². The second-order valence-corrected chi connectivity index (χ2v) is 9.24. The molecule has 0 spiro atoms. The number of thiophene rings is 1. The Morgan fingerprint density at radius 1 is 1.06 bits per heavy atom. The van der Waals surface area contributed by atoms with E-state index in [4.69, 9.17) is 18.1 Å². The van der Waals surface area contributed by atoms with E-state index in [0.717, 1.165) is 40.4 Å². The first-order chi connectivity index (χ1) is 16.6. The molecule has 2 aromatic carbocycles. The maximum atomic E-state index is 8.81. The summed E-state index contributed by atoms with van der Waals surface area (Å²) < 4.78 is 24.6. The molecule has 0 bridgehead atoms. The van der Waals surface area contributed by atoms with Crippen molar-refractivity contribution in [2.45, 2.75) is 12.8 Å². The lowest BCUT2D eigenvalue weighted by Crippen LogP contribution is -2.25. The fraction of sp³-hybridized carbons (Fsp3) is 0.250. The molecule has 0 aliphatic carbocycles. The first-order valence-corrected chi connectivity index (χ1v) is 13.1. The van der Waals surface area contributed by atoms with E-state index in [1.54, 1.807) is 11.3 Å². The van der Waals surface area contributed by atoms with E-state index in [1.165, 1.54) is 31.5 Å². The SMILES string of the molecule is N[SH](=O)=O.c1ccc(-c2csc3cnc(Nc4ccc(OCCN5CCCC5)cc4)nc23)cc1. The van der Waals surface area contributed by atoms with E-state index in [2.05, 4.69) is 37.9 Å². The van der Waals surface area contributed by atoms with Gasteiger partial charge < -0.3 is 10.1 Å². The van der Waals surface area contributed by atoms with Crippen molar-refractivity contribution in [1.82, 2.24) is 14.9 Å². The van der Waals surface area contributed by atoms with E-state index < -0.39 is 10.9 Å². The Morgan fingerprint density at radius 2 is 1.76 bits per heavy atom. The lowest BCUT2D eigenvalue weighted by Gasteiger charge is -2.15. The van der Waals surface area contributed by atoms with Crippen LogP contribution in [0.15, 0.2) is 66.2 Å². The number of thiol groups is 1. The van der Waals surface area contributed by atoms with Gasteiger partial charge >= 0.3 is 0 Å². The smallest absolute Gasteiger partial charge is 0.227 e. The zero-order valence-corrected chi connectivity index (χ0v) is 20.3. The Balaban J connectivity index is 0.000000636. The third kappa shape index (κ3) is 6.73. The van der Waals surface area contributed by atoms with E-state index in [0.29, 0.717) is 5.95 Å². The number of benzene rings is 2. The lowest BCUT2D eigenvalue weighted by molar-refractivity contribution is 0.238. The number of rotatable bonds is 7. The zero-order chi connectivity index (χ0) is 23.8. The van der Waals surface area contributed by atoms with Crippen molar-refractivity contribution in [3.8, 4) is 16.9 Å². The van der Waals surface area contributed by atoms with Crippen LogP contribution in [0.5, 0.6) is 5.75 Å². The number of hydrogen-bond acceptors (Lipinski definition) is 8. The topological polar surface area (TPSA) is 110 Å². The maximum absolute atomic E-state index is 8.81. The maximum Gasteiger partial charge on any atom is 0.227 e. The number of nitrogens with zero attached hydrogens (tertiary/aromatic N) is 3. The molecule has 4 aromatic rings. The third-order valence-electron chi connectivity index (χ3n) is 5.38. The number of anilines is 2. The second-order valence-electron chi connectivity index (χ2n) is 7.75. The van der Waals surface area contributed by atoms with Crippen molar-refractivity contribution in [3.63, 3.8) is 0 Å². The van der Waals surface area contributed by atoms with Crippen LogP contribution in [0.4, 0.5) is 11.6 Å². The Morgan fingerprint density at radius 3 is 2.47 bits per heavy atom. The zero-order valence-electron chi connectivity index (χ0n) is 18.6. The average Bonchev–Trinajstić information content (AvgIpc) is 3.50. The molecule has 3 heterocycles. The molecule has 178 valence electrons. The Bertz CT molecular complexity index is 1260. The summed E-state index contributed by atoms with van der Waals surface area (Å²) in [5.41, 5.74) is 4.23. The van der Waals surface area contributed by atoms with Crippen LogP contribution in [-0.2, 0) is 10.9 Å². The molecule has 0 atom stereocenters. The molecular weight excluding hydrogens is 470 g/mol. The fourth-order valence-electron chi connectivity index (χ4n) is 3.77. The van der Waals surface area contributed by atoms with Gasteiger partial charge in [-0.05, 0) is 55.8 Å². The highest BCUT2D eigenvalue weighted by Crippen LogP contribution is 2.33. The highest BCUT2D eigenvalue weighted by Gasteiger charge is 2.11. The summed E-state index contributed by atoms with van der Waals surface area (Å²) >= 11 is 1.67. The molecule has 0 radical (unpaired) electrons. The molecule has 2 aromatic heterocycles. The van der Waals surface area contributed by atoms with Gasteiger partial charge in [0.1, 0.15) is 12.4 Å². The summed E-state index contributed by atoms with van der Waals surface area (Å²) in [6.07, 6.45) is 4.51. The van der Waals surface area contributed by atoms with Gasteiger partial charge in [0.25, 0.3) is 0 Å². The summed E-state index contributed by atoms with van der Waals surface area (Å²) in [7, 11) is -2.62. The fourth-order valence-corrected chi connectivity index (χ4v) is 4.65. The van der Waals surface area contributed by atoms with Crippen molar-refractivity contribution >= 4 is 44.1 Å². The minimum atomic E-state index is -2.62. The highest BCUT2D eigenvalue weighted by atomic mass is 32.2. The van der Waals surface area contributed by atoms with E-state index in [9.17, 15) is 0 Å². The summed E-state index contributed by atoms with van der Waals surface area (Å²) in [5.74, 6) is 1.49. The molecule has 3 N–H and O–H groups in total. The highest BCUT2D eigenvalue weighted by molar-refractivity contribution is 7.69. The first-order valence-electron chi connectivity index (χ1n) is 11.0. The van der Waals surface area contributed by atoms with Crippen molar-refractivity contribution in [1.29, 1.82) is 0 Å². The number of fused-ring (bicyclic) bond motifs is 1. The standard InChI is InChI=1S/C24H24N4OS.H3NO2S/c1-2-6-18(7-3-1)21-17-30-22-16-25-24(27-23(21)22)26-19-8-10-20(11-9-19)29-15-14-28-12-4-5-13-28;1-4(2)3/h1-3,6-11,16-17H,4-5,12-15H2,(H,25,26,27);4H,(H2,1,2,3). The van der Waals surface area contributed by atoms with Crippen LogP contribution in [0.2, 0.25) is 0 Å². The third-order valence-corrected chi connectivity index (χ3v) is 6.29. The molecule has 0 unspecified atom stereocenters. The van der Waals surface area contributed by atoms with Crippen LogP contribution in [0.1, 0.15) is 12.8 Å². The molecule has 1 aliphatic rings. The first kappa shape index (κ1) is 24.1. The Hall–Kier alpha value is -3.05. The summed E-state index contributed by atoms with van der Waals surface area (Å²) in [6, 6.07) is 18.3. The molecule has 8 nitrogen and oxygen atoms in total. The predicted molar refractivity (Wildman–Crippen MR) is 138 cm³/mol. The normalized spacial score (nSPS) is 13.6. The van der Waals surface area contributed by atoms with Crippen LogP contribution in [0.25, 0.3) is 21.3 Å². The predicted octanol–water partition coefficient (Wildman–Crippen LogP) is 4.05. The number of likely N-dealkylation sites (tertiary alicyclic amines) is 1. The van der Waals surface area contributed by atoms with Gasteiger partial charge in [0.2, 0.25) is 5.95 Å². The van der Waals surface area contributed by atoms with Gasteiger partial charge in [-0.15, -0.1) is 11.3 Å². The van der Waals surface area contributed by atoms with Crippen molar-refractivity contribution in [3.05, 3.63) is 66.2 Å². The van der Waals surface area contributed by atoms with Gasteiger partial charge in [0, 0.05) is 23.2 Å². The number of nitrogens with one attached hydrogen (secondary N) is 1. The average molecular weight is 498 g/mol. The van der Waals surface area contributed by atoms with Crippen molar-refractivity contribution < 1.29 is 13.2 Å². The van der Waals surface area contributed by atoms with Crippen LogP contribution in [-0.4, -0.2) is 49.5 Å². The summed E-state index contributed by atoms with van der Waals surface area (Å²) in [6.45, 7) is 4.13. The summed E-state index contributed by atoms with van der Waals surface area (Å²) in [4.78, 5) is 11.7. The van der Waals surface area contributed by atoms with Gasteiger partial charge in [-0.1, -0.05) is 30.3 Å². The Labute approximate surface area is 204 Å². The summed E-state index contributed by atoms with van der Waals surface area (Å²) in [5, 5.41) is 9.52. The molecule has 34 heavy (non-hydrogen) atoms. The second kappa shape index (κ2) is 11.9. The van der Waals surface area contributed by atoms with Crippen LogP contribution in [0, 0.1) is 0 Å². The van der Waals surface area contributed by atoms with E-state index in [-0.39, 0.29) is 0 Å². The van der Waals surface area contributed by atoms with E-state index >= 15 is 0 Å². The minimum Gasteiger partial charge on any atom is -0.492 e. The van der Waals surface area contributed by atoms with Crippen LogP contribution < -0.4 is 15.2 Å². The molecule has 10 heteroatoms. The number of aromatic nitrogens is 2. The molecule has 1 fully saturated rings. The number of nitrogens with two attached hydrogens (primary N) is 1. The molecular formula is C24H27N5O3S2. The Kier molecular flexibility index (Phi) is 8.42. The quantitative estimate of drug-likeness (QED) is 0.330.